The number of nitrogens with two attached hydrogens (primary N) is 1. The van der Waals surface area contributed by atoms with E-state index in [-0.39, 0.29) is 5.41 Å². The van der Waals surface area contributed by atoms with E-state index in [2.05, 4.69) is 43.1 Å². The highest BCUT2D eigenvalue weighted by atomic mass is 16.5. The van der Waals surface area contributed by atoms with E-state index in [1.165, 1.54) is 11.1 Å². The summed E-state index contributed by atoms with van der Waals surface area (Å²) in [5, 5.41) is 0. The Morgan fingerprint density at radius 1 is 1.33 bits per heavy atom. The number of ether oxygens (including phenoxy) is 1. The second-order valence-corrected chi connectivity index (χ2v) is 5.61. The Kier molecular flexibility index (Phi) is 4.38. The van der Waals surface area contributed by atoms with Gasteiger partial charge < -0.3 is 15.4 Å². The minimum absolute atomic E-state index is 0.209. The molecule has 0 spiro atoms. The maximum atomic E-state index is 5.84. The first-order chi connectivity index (χ1) is 8.65. The predicted molar refractivity (Wildman–Crippen MR) is 74.7 cm³/mol. The lowest BCUT2D eigenvalue weighted by molar-refractivity contribution is -0.117. The van der Waals surface area contributed by atoms with Crippen LogP contribution in [0, 0.1) is 12.3 Å². The highest BCUT2D eigenvalue weighted by Gasteiger charge is 2.37. The van der Waals surface area contributed by atoms with Crippen molar-refractivity contribution in [1.82, 2.24) is 4.90 Å². The zero-order chi connectivity index (χ0) is 13.0. The standard InChI is InChI=1S/C15H24N2O/c1-13-5-3-4-6-14(13)7-8-17(2)10-15(9-16)11-18-12-15/h3-6H,7-12,16H2,1-2H3. The summed E-state index contributed by atoms with van der Waals surface area (Å²) in [6.07, 6.45) is 1.10. The first kappa shape index (κ1) is 13.5. The van der Waals surface area contributed by atoms with Crippen molar-refractivity contribution in [3.05, 3.63) is 35.4 Å². The Hall–Kier alpha value is -0.900. The lowest BCUT2D eigenvalue weighted by Gasteiger charge is -2.43. The Bertz CT molecular complexity index is 382. The van der Waals surface area contributed by atoms with Gasteiger partial charge in [0.15, 0.2) is 0 Å². The molecule has 0 bridgehead atoms. The number of benzene rings is 1. The van der Waals surface area contributed by atoms with Crippen molar-refractivity contribution < 1.29 is 4.74 Å². The zero-order valence-corrected chi connectivity index (χ0v) is 11.5. The van der Waals surface area contributed by atoms with Crippen LogP contribution in [0.3, 0.4) is 0 Å². The normalized spacial score (nSPS) is 17.8. The fourth-order valence-electron chi connectivity index (χ4n) is 2.52. The van der Waals surface area contributed by atoms with Gasteiger partial charge >= 0.3 is 0 Å². The maximum absolute atomic E-state index is 5.84. The van der Waals surface area contributed by atoms with Crippen molar-refractivity contribution in [2.24, 2.45) is 11.1 Å². The molecule has 1 aromatic carbocycles. The van der Waals surface area contributed by atoms with E-state index in [0.717, 1.165) is 39.3 Å². The molecule has 0 aliphatic carbocycles. The third-order valence-electron chi connectivity index (χ3n) is 3.88. The van der Waals surface area contributed by atoms with Crippen molar-refractivity contribution >= 4 is 0 Å². The van der Waals surface area contributed by atoms with Gasteiger partial charge in [0.05, 0.1) is 13.2 Å². The second-order valence-electron chi connectivity index (χ2n) is 5.61. The van der Waals surface area contributed by atoms with E-state index in [4.69, 9.17) is 10.5 Å². The van der Waals surface area contributed by atoms with E-state index in [0.29, 0.717) is 0 Å². The molecule has 2 rings (SSSR count). The minimum Gasteiger partial charge on any atom is -0.380 e. The number of hydrogen-bond acceptors (Lipinski definition) is 3. The van der Waals surface area contributed by atoms with Crippen LogP contribution >= 0.6 is 0 Å². The van der Waals surface area contributed by atoms with Crippen LogP contribution in [-0.2, 0) is 11.2 Å². The minimum atomic E-state index is 0.209. The van der Waals surface area contributed by atoms with Crippen molar-refractivity contribution in [2.45, 2.75) is 13.3 Å². The number of nitrogens with zero attached hydrogens (tertiary/aromatic N) is 1. The molecule has 1 aliphatic heterocycles. The van der Waals surface area contributed by atoms with Gasteiger partial charge in [0.25, 0.3) is 0 Å². The Morgan fingerprint density at radius 2 is 2.06 bits per heavy atom. The van der Waals surface area contributed by atoms with E-state index in [9.17, 15) is 0 Å². The Morgan fingerprint density at radius 3 is 2.61 bits per heavy atom. The Labute approximate surface area is 110 Å². The monoisotopic (exact) mass is 248 g/mol. The van der Waals surface area contributed by atoms with Gasteiger partial charge in [0.1, 0.15) is 0 Å². The average Bonchev–Trinajstić information content (AvgIpc) is 2.33. The molecule has 1 aromatic rings. The van der Waals surface area contributed by atoms with E-state index in [1.54, 1.807) is 0 Å². The fraction of sp³-hybridized carbons (Fsp3) is 0.600. The molecular formula is C15H24N2O. The van der Waals surface area contributed by atoms with Gasteiger partial charge in [0.2, 0.25) is 0 Å². The Balaban J connectivity index is 1.81. The summed E-state index contributed by atoms with van der Waals surface area (Å²) in [5.74, 6) is 0. The number of hydrogen-bond donors (Lipinski definition) is 1. The largest absolute Gasteiger partial charge is 0.380 e. The summed E-state index contributed by atoms with van der Waals surface area (Å²) in [6, 6.07) is 8.60. The van der Waals surface area contributed by atoms with Gasteiger partial charge in [-0.1, -0.05) is 24.3 Å². The van der Waals surface area contributed by atoms with Gasteiger partial charge in [-0.05, 0) is 31.5 Å². The number of rotatable bonds is 6. The smallest absolute Gasteiger partial charge is 0.0569 e. The van der Waals surface area contributed by atoms with Gasteiger partial charge in [-0.3, -0.25) is 0 Å². The summed E-state index contributed by atoms with van der Waals surface area (Å²) >= 11 is 0. The van der Waals surface area contributed by atoms with Crippen molar-refractivity contribution in [1.29, 1.82) is 0 Å². The molecule has 0 amide bonds. The van der Waals surface area contributed by atoms with Crippen LogP contribution in [0.5, 0.6) is 0 Å². The van der Waals surface area contributed by atoms with Gasteiger partial charge in [-0.15, -0.1) is 0 Å². The van der Waals surface area contributed by atoms with Crippen molar-refractivity contribution in [2.75, 3.05) is 39.9 Å². The first-order valence-corrected chi connectivity index (χ1v) is 6.66. The van der Waals surface area contributed by atoms with Gasteiger partial charge in [0, 0.05) is 25.0 Å². The fourth-order valence-corrected chi connectivity index (χ4v) is 2.52. The van der Waals surface area contributed by atoms with Crippen LogP contribution in [0.2, 0.25) is 0 Å². The van der Waals surface area contributed by atoms with Crippen LogP contribution in [0.25, 0.3) is 0 Å². The zero-order valence-electron chi connectivity index (χ0n) is 11.5. The molecule has 1 fully saturated rings. The van der Waals surface area contributed by atoms with Crippen LogP contribution in [0.1, 0.15) is 11.1 Å². The maximum Gasteiger partial charge on any atom is 0.0569 e. The molecule has 1 heterocycles. The lowest BCUT2D eigenvalue weighted by Crippen LogP contribution is -2.54. The summed E-state index contributed by atoms with van der Waals surface area (Å²) in [7, 11) is 2.17. The summed E-state index contributed by atoms with van der Waals surface area (Å²) in [6.45, 7) is 6.65. The highest BCUT2D eigenvalue weighted by Crippen LogP contribution is 2.26. The van der Waals surface area contributed by atoms with E-state index in [1.807, 2.05) is 0 Å². The molecule has 3 nitrogen and oxygen atoms in total. The van der Waals surface area contributed by atoms with Crippen LogP contribution in [0.15, 0.2) is 24.3 Å². The molecule has 1 saturated heterocycles. The molecule has 3 heteroatoms. The number of likely N-dealkylation sites (N-methyl/N-ethyl adjacent to an activating group) is 1. The molecule has 0 atom stereocenters. The predicted octanol–water partition coefficient (Wildman–Crippen LogP) is 1.44. The van der Waals surface area contributed by atoms with Crippen molar-refractivity contribution in [3.8, 4) is 0 Å². The van der Waals surface area contributed by atoms with Crippen LogP contribution in [-0.4, -0.2) is 44.8 Å². The summed E-state index contributed by atoms with van der Waals surface area (Å²) in [5.41, 5.74) is 8.87. The van der Waals surface area contributed by atoms with Gasteiger partial charge in [-0.2, -0.15) is 0 Å². The molecule has 0 radical (unpaired) electrons. The average molecular weight is 248 g/mol. The highest BCUT2D eigenvalue weighted by molar-refractivity contribution is 5.25. The molecule has 1 aliphatic rings. The summed E-state index contributed by atoms with van der Waals surface area (Å²) < 4.78 is 5.31. The molecule has 0 saturated carbocycles. The summed E-state index contributed by atoms with van der Waals surface area (Å²) in [4.78, 5) is 2.38. The molecule has 0 unspecified atom stereocenters. The van der Waals surface area contributed by atoms with Crippen molar-refractivity contribution in [3.63, 3.8) is 0 Å². The van der Waals surface area contributed by atoms with E-state index >= 15 is 0 Å². The third kappa shape index (κ3) is 3.10. The molecule has 0 aromatic heterocycles. The van der Waals surface area contributed by atoms with Crippen LogP contribution < -0.4 is 5.73 Å². The van der Waals surface area contributed by atoms with Gasteiger partial charge in [-0.25, -0.2) is 0 Å². The molecular weight excluding hydrogens is 224 g/mol. The topological polar surface area (TPSA) is 38.5 Å². The second kappa shape index (κ2) is 5.83. The molecule has 18 heavy (non-hydrogen) atoms. The number of aryl methyl sites for hydroxylation is 1. The SMILES string of the molecule is Cc1ccccc1CCN(C)CC1(CN)COC1. The van der Waals surface area contributed by atoms with Crippen LogP contribution in [0.4, 0.5) is 0 Å². The molecule has 2 N–H and O–H groups in total. The van der Waals surface area contributed by atoms with E-state index < -0.39 is 0 Å². The lowest BCUT2D eigenvalue weighted by atomic mass is 9.85. The quantitative estimate of drug-likeness (QED) is 0.828. The molecule has 100 valence electrons. The third-order valence-corrected chi connectivity index (χ3v) is 3.88. The first-order valence-electron chi connectivity index (χ1n) is 6.66.